The van der Waals surface area contributed by atoms with Gasteiger partial charge in [-0.2, -0.15) is 0 Å². The fourth-order valence-corrected chi connectivity index (χ4v) is 1.86. The van der Waals surface area contributed by atoms with Gasteiger partial charge in [0.05, 0.1) is 11.8 Å². The maximum absolute atomic E-state index is 12.0. The number of hydrogen-bond donors (Lipinski definition) is 1. The normalized spacial score (nSPS) is 20.8. The van der Waals surface area contributed by atoms with Gasteiger partial charge in [-0.05, 0) is 24.6 Å². The average molecular weight is 243 g/mol. The lowest BCUT2D eigenvalue weighted by Crippen LogP contribution is -2.55. The summed E-state index contributed by atoms with van der Waals surface area (Å²) in [7, 11) is 0. The SMILES string of the molecule is CC1C(=O)NCCN1C(=O)c1ccoc1Cl. The first-order valence-corrected chi connectivity index (χ1v) is 5.30. The highest BCUT2D eigenvalue weighted by molar-refractivity contribution is 6.32. The van der Waals surface area contributed by atoms with Gasteiger partial charge in [-0.25, -0.2) is 0 Å². The highest BCUT2D eigenvalue weighted by Gasteiger charge is 2.31. The molecule has 1 atom stereocenters. The van der Waals surface area contributed by atoms with Crippen molar-refractivity contribution in [2.45, 2.75) is 13.0 Å². The summed E-state index contributed by atoms with van der Waals surface area (Å²) in [5, 5.41) is 2.75. The molecule has 5 nitrogen and oxygen atoms in total. The van der Waals surface area contributed by atoms with E-state index >= 15 is 0 Å². The van der Waals surface area contributed by atoms with Crippen LogP contribution in [0.1, 0.15) is 17.3 Å². The summed E-state index contributed by atoms with van der Waals surface area (Å²) < 4.78 is 4.86. The maximum Gasteiger partial charge on any atom is 0.259 e. The van der Waals surface area contributed by atoms with E-state index in [1.807, 2.05) is 0 Å². The van der Waals surface area contributed by atoms with Crippen molar-refractivity contribution in [1.29, 1.82) is 0 Å². The van der Waals surface area contributed by atoms with Crippen molar-refractivity contribution < 1.29 is 14.0 Å². The van der Waals surface area contributed by atoms with E-state index < -0.39 is 6.04 Å². The summed E-state index contributed by atoms with van der Waals surface area (Å²) in [6.45, 7) is 2.62. The molecule has 1 N–H and O–H groups in total. The Labute approximate surface area is 97.3 Å². The Hall–Kier alpha value is -1.49. The number of nitrogens with one attached hydrogen (secondary N) is 1. The van der Waals surface area contributed by atoms with E-state index in [9.17, 15) is 9.59 Å². The number of amides is 2. The molecule has 1 fully saturated rings. The first kappa shape index (κ1) is 11.0. The molecule has 16 heavy (non-hydrogen) atoms. The second-order valence-corrected chi connectivity index (χ2v) is 3.92. The van der Waals surface area contributed by atoms with Gasteiger partial charge in [0.2, 0.25) is 11.1 Å². The highest BCUT2D eigenvalue weighted by atomic mass is 35.5. The van der Waals surface area contributed by atoms with Gasteiger partial charge < -0.3 is 14.6 Å². The third kappa shape index (κ3) is 1.78. The molecule has 1 aliphatic heterocycles. The molecule has 1 aliphatic rings. The molecule has 2 rings (SSSR count). The zero-order valence-corrected chi connectivity index (χ0v) is 9.45. The number of hydrogen-bond acceptors (Lipinski definition) is 3. The van der Waals surface area contributed by atoms with Crippen LogP contribution in [0.3, 0.4) is 0 Å². The quantitative estimate of drug-likeness (QED) is 0.796. The summed E-state index contributed by atoms with van der Waals surface area (Å²) in [5.74, 6) is -0.430. The molecule has 0 bridgehead atoms. The molecule has 0 radical (unpaired) electrons. The zero-order valence-electron chi connectivity index (χ0n) is 8.70. The summed E-state index contributed by atoms with van der Waals surface area (Å²) in [6.07, 6.45) is 1.35. The first-order valence-electron chi connectivity index (χ1n) is 4.93. The molecule has 1 unspecified atom stereocenters. The van der Waals surface area contributed by atoms with Crippen molar-refractivity contribution in [3.05, 3.63) is 23.1 Å². The van der Waals surface area contributed by atoms with Crippen molar-refractivity contribution in [2.24, 2.45) is 0 Å². The third-order valence-electron chi connectivity index (χ3n) is 2.61. The minimum absolute atomic E-state index is 0.0585. The molecule has 2 heterocycles. The van der Waals surface area contributed by atoms with Gasteiger partial charge in [0, 0.05) is 13.1 Å². The first-order chi connectivity index (χ1) is 7.61. The number of carbonyl (C=O) groups excluding carboxylic acids is 2. The molecule has 86 valence electrons. The number of halogens is 1. The Bertz CT molecular complexity index is 429. The van der Waals surface area contributed by atoms with Crippen LogP contribution in [-0.2, 0) is 4.79 Å². The van der Waals surface area contributed by atoms with Crippen molar-refractivity contribution in [3.63, 3.8) is 0 Å². The van der Waals surface area contributed by atoms with Crippen molar-refractivity contribution in [3.8, 4) is 0 Å². The van der Waals surface area contributed by atoms with E-state index in [1.165, 1.54) is 17.2 Å². The number of carbonyl (C=O) groups is 2. The Balaban J connectivity index is 2.22. The lowest BCUT2D eigenvalue weighted by molar-refractivity contribution is -0.127. The molecule has 1 aromatic heterocycles. The van der Waals surface area contributed by atoms with Gasteiger partial charge in [0.1, 0.15) is 6.04 Å². The van der Waals surface area contributed by atoms with Crippen LogP contribution >= 0.6 is 11.6 Å². The Morgan fingerprint density at radius 1 is 1.69 bits per heavy atom. The lowest BCUT2D eigenvalue weighted by Gasteiger charge is -2.32. The summed E-state index contributed by atoms with van der Waals surface area (Å²) in [5.41, 5.74) is 0.295. The Morgan fingerprint density at radius 3 is 3.06 bits per heavy atom. The predicted octanol–water partition coefficient (Wildman–Crippen LogP) is 0.893. The van der Waals surface area contributed by atoms with E-state index in [0.717, 1.165) is 0 Å². The highest BCUT2D eigenvalue weighted by Crippen LogP contribution is 2.20. The predicted molar refractivity (Wildman–Crippen MR) is 57.2 cm³/mol. The second-order valence-electron chi connectivity index (χ2n) is 3.57. The maximum atomic E-state index is 12.0. The zero-order chi connectivity index (χ0) is 11.7. The van der Waals surface area contributed by atoms with Crippen LogP contribution in [0.4, 0.5) is 0 Å². The fraction of sp³-hybridized carbons (Fsp3) is 0.400. The van der Waals surface area contributed by atoms with Crippen LogP contribution in [0.2, 0.25) is 5.22 Å². The average Bonchev–Trinajstić information content (AvgIpc) is 2.68. The molecular formula is C10H11ClN2O3. The second kappa shape index (κ2) is 4.17. The Morgan fingerprint density at radius 2 is 2.44 bits per heavy atom. The number of nitrogens with zero attached hydrogens (tertiary/aromatic N) is 1. The van der Waals surface area contributed by atoms with Gasteiger partial charge in [-0.15, -0.1) is 0 Å². The van der Waals surface area contributed by atoms with Crippen molar-refractivity contribution in [2.75, 3.05) is 13.1 Å². The standard InChI is InChI=1S/C10H11ClN2O3/c1-6-9(14)12-3-4-13(6)10(15)7-2-5-16-8(7)11/h2,5-6H,3-4H2,1H3,(H,12,14). The van der Waals surface area contributed by atoms with Crippen LogP contribution in [0.25, 0.3) is 0 Å². The molecule has 6 heteroatoms. The van der Waals surface area contributed by atoms with E-state index in [4.69, 9.17) is 16.0 Å². The van der Waals surface area contributed by atoms with Gasteiger partial charge >= 0.3 is 0 Å². The summed E-state index contributed by atoms with van der Waals surface area (Å²) >= 11 is 5.72. The number of rotatable bonds is 1. The van der Waals surface area contributed by atoms with Gasteiger partial charge in [-0.3, -0.25) is 9.59 Å². The van der Waals surface area contributed by atoms with Crippen molar-refractivity contribution >= 4 is 23.4 Å². The Kier molecular flexibility index (Phi) is 2.87. The van der Waals surface area contributed by atoms with Crippen LogP contribution < -0.4 is 5.32 Å². The molecule has 1 saturated heterocycles. The van der Waals surface area contributed by atoms with Crippen molar-refractivity contribution in [1.82, 2.24) is 10.2 Å². The topological polar surface area (TPSA) is 62.6 Å². The smallest absolute Gasteiger partial charge is 0.259 e. The number of piperazine rings is 1. The van der Waals surface area contributed by atoms with Crippen LogP contribution in [0, 0.1) is 0 Å². The van der Waals surface area contributed by atoms with Crippen LogP contribution in [-0.4, -0.2) is 35.8 Å². The molecule has 2 amide bonds. The van der Waals surface area contributed by atoms with E-state index in [-0.39, 0.29) is 17.0 Å². The van der Waals surface area contributed by atoms with E-state index in [0.29, 0.717) is 18.7 Å². The number of furan rings is 1. The van der Waals surface area contributed by atoms with Crippen LogP contribution in [0.15, 0.2) is 16.7 Å². The summed E-state index contributed by atoms with van der Waals surface area (Å²) in [6, 6.07) is 1.02. The molecule has 0 saturated carbocycles. The molecule has 0 spiro atoms. The van der Waals surface area contributed by atoms with Gasteiger partial charge in [0.15, 0.2) is 0 Å². The summed E-state index contributed by atoms with van der Waals surface area (Å²) in [4.78, 5) is 24.9. The lowest BCUT2D eigenvalue weighted by atomic mass is 10.1. The minimum atomic E-state index is -0.479. The monoisotopic (exact) mass is 242 g/mol. The van der Waals surface area contributed by atoms with Gasteiger partial charge in [0.25, 0.3) is 5.91 Å². The third-order valence-corrected chi connectivity index (χ3v) is 2.90. The largest absolute Gasteiger partial charge is 0.452 e. The molecule has 0 aliphatic carbocycles. The molecular weight excluding hydrogens is 232 g/mol. The molecule has 1 aromatic rings. The molecule has 0 aromatic carbocycles. The van der Waals surface area contributed by atoms with E-state index in [2.05, 4.69) is 5.32 Å². The fourth-order valence-electron chi connectivity index (χ4n) is 1.66. The van der Waals surface area contributed by atoms with E-state index in [1.54, 1.807) is 6.92 Å². The minimum Gasteiger partial charge on any atom is -0.452 e. The van der Waals surface area contributed by atoms with Crippen LogP contribution in [0.5, 0.6) is 0 Å². The van der Waals surface area contributed by atoms with Gasteiger partial charge in [-0.1, -0.05) is 0 Å².